The van der Waals surface area contributed by atoms with Crippen molar-refractivity contribution in [2.45, 2.75) is 13.8 Å². The van der Waals surface area contributed by atoms with Gasteiger partial charge < -0.3 is 4.18 Å². The van der Waals surface area contributed by atoms with Gasteiger partial charge in [-0.15, -0.1) is 0 Å². The third kappa shape index (κ3) is 8.49. The second-order valence-electron chi connectivity index (χ2n) is 2.72. The van der Waals surface area contributed by atoms with Gasteiger partial charge in [-0.3, -0.25) is 0 Å². The Morgan fingerprint density at radius 1 is 1.54 bits per heavy atom. The number of hydrogen-bond acceptors (Lipinski definition) is 4. The average Bonchev–Trinajstić information content (AvgIpc) is 1.83. The van der Waals surface area contributed by atoms with Crippen molar-refractivity contribution >= 4 is 45.6 Å². The van der Waals surface area contributed by atoms with E-state index in [2.05, 4.69) is 10.8 Å². The summed E-state index contributed by atoms with van der Waals surface area (Å²) in [6.07, 6.45) is 0.817. The van der Waals surface area contributed by atoms with E-state index in [1.54, 1.807) is 13.8 Å². The van der Waals surface area contributed by atoms with E-state index in [0.29, 0.717) is 0 Å². The minimum absolute atomic E-state index is 0. The maximum atomic E-state index is 10.9. The molecule has 0 fully saturated rings. The topological polar surface area (TPSA) is 60.4 Å². The molecule has 0 aliphatic rings. The van der Waals surface area contributed by atoms with Crippen molar-refractivity contribution in [3.8, 4) is 0 Å². The van der Waals surface area contributed by atoms with Gasteiger partial charge in [-0.1, -0.05) is 20.4 Å². The van der Waals surface area contributed by atoms with Crippen LogP contribution in [0.5, 0.6) is 0 Å². The summed E-state index contributed by atoms with van der Waals surface area (Å²) in [6.45, 7) is 6.53. The van der Waals surface area contributed by atoms with Crippen LogP contribution in [0.25, 0.3) is 0 Å². The summed E-state index contributed by atoms with van der Waals surface area (Å²) in [6, 6.07) is 0. The molecule has 0 saturated heterocycles. The van der Waals surface area contributed by atoms with Crippen molar-refractivity contribution < 1.29 is 17.4 Å². The molecule has 0 atom stereocenters. The van der Waals surface area contributed by atoms with Crippen molar-refractivity contribution in [1.82, 2.24) is 0 Å². The SMILES string of the molecule is C=CC(=O)OS(=O)(=O)CC(C)C.[NaH]. The summed E-state index contributed by atoms with van der Waals surface area (Å²) < 4.78 is 26.0. The fourth-order valence-corrected chi connectivity index (χ4v) is 1.80. The molecule has 0 amide bonds. The first kappa shape index (κ1) is 15.6. The zero-order valence-electron chi connectivity index (χ0n) is 7.11. The van der Waals surface area contributed by atoms with Crippen molar-refractivity contribution in [3.05, 3.63) is 12.7 Å². The minimum atomic E-state index is -3.71. The van der Waals surface area contributed by atoms with Gasteiger partial charge in [0.2, 0.25) is 0 Å². The van der Waals surface area contributed by atoms with Gasteiger partial charge in [-0.2, -0.15) is 8.42 Å². The molecule has 0 saturated carbocycles. The Labute approximate surface area is 101 Å². The molecule has 4 nitrogen and oxygen atoms in total. The molecule has 6 heteroatoms. The Hall–Kier alpha value is 0.160. The molecular weight excluding hydrogens is 203 g/mol. The van der Waals surface area contributed by atoms with Crippen LogP contribution < -0.4 is 0 Å². The van der Waals surface area contributed by atoms with E-state index >= 15 is 0 Å². The van der Waals surface area contributed by atoms with Gasteiger partial charge in [-0.05, 0) is 5.92 Å². The first-order valence-electron chi connectivity index (χ1n) is 3.46. The van der Waals surface area contributed by atoms with Crippen molar-refractivity contribution in [1.29, 1.82) is 0 Å². The van der Waals surface area contributed by atoms with Crippen molar-refractivity contribution in [3.63, 3.8) is 0 Å². The van der Waals surface area contributed by atoms with Gasteiger partial charge in [0.05, 0.1) is 5.75 Å². The number of hydrogen-bond donors (Lipinski definition) is 0. The Balaban J connectivity index is 0. The van der Waals surface area contributed by atoms with Crippen LogP contribution in [-0.4, -0.2) is 49.7 Å². The van der Waals surface area contributed by atoms with Gasteiger partial charge in [-0.25, -0.2) is 4.79 Å². The summed E-state index contributed by atoms with van der Waals surface area (Å²) >= 11 is 0. The van der Waals surface area contributed by atoms with Crippen LogP contribution in [0.15, 0.2) is 12.7 Å². The first-order valence-corrected chi connectivity index (χ1v) is 5.03. The summed E-state index contributed by atoms with van der Waals surface area (Å²) in [7, 11) is -3.71. The Kier molecular flexibility index (Phi) is 7.92. The van der Waals surface area contributed by atoms with Gasteiger partial charge >= 0.3 is 45.6 Å². The van der Waals surface area contributed by atoms with Crippen LogP contribution >= 0.6 is 0 Å². The molecule has 0 heterocycles. The second kappa shape index (κ2) is 6.59. The number of carbonyl (C=O) groups excluding carboxylic acids is 1. The third-order valence-corrected chi connectivity index (χ3v) is 2.41. The normalized spacial score (nSPS) is 10.4. The summed E-state index contributed by atoms with van der Waals surface area (Å²) in [5, 5.41) is 0. The van der Waals surface area contributed by atoms with Crippen LogP contribution in [0.1, 0.15) is 13.8 Å². The van der Waals surface area contributed by atoms with Gasteiger partial charge in [0.15, 0.2) is 0 Å². The van der Waals surface area contributed by atoms with Gasteiger partial charge in [0, 0.05) is 6.08 Å². The van der Waals surface area contributed by atoms with E-state index in [1.807, 2.05) is 0 Å². The quantitative estimate of drug-likeness (QED) is 0.378. The molecule has 0 aliphatic carbocycles. The molecule has 0 aliphatic heterocycles. The van der Waals surface area contributed by atoms with Crippen LogP contribution in [0.4, 0.5) is 0 Å². The van der Waals surface area contributed by atoms with E-state index in [1.165, 1.54) is 0 Å². The van der Waals surface area contributed by atoms with Crippen LogP contribution in [-0.2, 0) is 19.1 Å². The van der Waals surface area contributed by atoms with Crippen molar-refractivity contribution in [2.75, 3.05) is 5.75 Å². The Morgan fingerprint density at radius 3 is 2.31 bits per heavy atom. The standard InChI is InChI=1S/C7H12O4S.Na.H/c1-4-7(8)11-12(9,10)5-6(2)3;;/h4,6H,1,5H2,2-3H3;;. The van der Waals surface area contributed by atoms with Crippen molar-refractivity contribution in [2.24, 2.45) is 5.92 Å². The Morgan fingerprint density at radius 2 is 2.00 bits per heavy atom. The Bertz CT molecular complexity index is 268. The molecule has 13 heavy (non-hydrogen) atoms. The van der Waals surface area contributed by atoms with E-state index in [-0.39, 0.29) is 41.2 Å². The molecule has 0 N–H and O–H groups in total. The molecule has 0 unspecified atom stereocenters. The summed E-state index contributed by atoms with van der Waals surface area (Å²) in [5.41, 5.74) is 0. The molecule has 72 valence electrons. The number of rotatable bonds is 4. The summed E-state index contributed by atoms with van der Waals surface area (Å²) in [4.78, 5) is 10.5. The maximum absolute atomic E-state index is 10.9. The van der Waals surface area contributed by atoms with Crippen LogP contribution in [0.2, 0.25) is 0 Å². The van der Waals surface area contributed by atoms with Crippen LogP contribution in [0, 0.1) is 5.92 Å². The molecule has 0 spiro atoms. The predicted octanol–water partition coefficient (Wildman–Crippen LogP) is 0.0529. The molecular formula is C7H13NaO4S. The molecule has 0 aromatic rings. The van der Waals surface area contributed by atoms with Gasteiger partial charge in [0.25, 0.3) is 0 Å². The summed E-state index contributed by atoms with van der Waals surface area (Å²) in [5.74, 6) is -1.16. The van der Waals surface area contributed by atoms with E-state index in [0.717, 1.165) is 6.08 Å². The zero-order chi connectivity index (χ0) is 9.78. The molecule has 0 bridgehead atoms. The van der Waals surface area contributed by atoms with E-state index < -0.39 is 16.1 Å². The molecule has 0 rings (SSSR count). The van der Waals surface area contributed by atoms with Crippen LogP contribution in [0.3, 0.4) is 0 Å². The van der Waals surface area contributed by atoms with E-state index in [4.69, 9.17) is 0 Å². The third-order valence-electron chi connectivity index (χ3n) is 0.913. The zero-order valence-corrected chi connectivity index (χ0v) is 7.93. The fraction of sp³-hybridized carbons (Fsp3) is 0.571. The molecule has 0 aromatic heterocycles. The molecule has 0 aromatic carbocycles. The fourth-order valence-electron chi connectivity index (χ4n) is 0.601. The first-order chi connectivity index (χ1) is 5.37. The monoisotopic (exact) mass is 216 g/mol. The number of carbonyl (C=O) groups is 1. The van der Waals surface area contributed by atoms with Gasteiger partial charge in [0.1, 0.15) is 0 Å². The molecule has 0 radical (unpaired) electrons. The average molecular weight is 216 g/mol. The second-order valence-corrected chi connectivity index (χ2v) is 4.34. The predicted molar refractivity (Wildman–Crippen MR) is 52.1 cm³/mol. The van der Waals surface area contributed by atoms with E-state index in [9.17, 15) is 13.2 Å².